The zero-order valence-corrected chi connectivity index (χ0v) is 14.7. The Kier molecular flexibility index (Phi) is 6.04. The van der Waals surface area contributed by atoms with Gasteiger partial charge in [-0.3, -0.25) is 4.90 Å². The van der Waals surface area contributed by atoms with E-state index in [1.54, 1.807) is 11.3 Å². The summed E-state index contributed by atoms with van der Waals surface area (Å²) < 4.78 is 5.79. The summed E-state index contributed by atoms with van der Waals surface area (Å²) in [4.78, 5) is 15.0. The standard InChI is InChI=1S/C14H22BrN3O2S/c1-3-10(16)13(11-4-5-12(15)21-11)18-7-6-9(8-18)17-14(19)20-2/h4-5,9-10,13H,3,6-8,16H2,1-2H3,(H,17,19). The molecule has 2 heterocycles. The van der Waals surface area contributed by atoms with E-state index in [-0.39, 0.29) is 24.2 Å². The predicted molar refractivity (Wildman–Crippen MR) is 88.5 cm³/mol. The highest BCUT2D eigenvalue weighted by Gasteiger charge is 2.33. The number of halogens is 1. The van der Waals surface area contributed by atoms with Gasteiger partial charge in [0.15, 0.2) is 0 Å². The minimum atomic E-state index is -0.364. The summed E-state index contributed by atoms with van der Waals surface area (Å²) in [6, 6.07) is 4.63. The first-order valence-corrected chi connectivity index (χ1v) is 8.75. The Hall–Kier alpha value is -0.630. The maximum absolute atomic E-state index is 11.3. The number of carbonyl (C=O) groups excluding carboxylic acids is 1. The first-order valence-electron chi connectivity index (χ1n) is 7.14. The van der Waals surface area contributed by atoms with E-state index in [1.165, 1.54) is 12.0 Å². The van der Waals surface area contributed by atoms with E-state index >= 15 is 0 Å². The number of carbonyl (C=O) groups is 1. The van der Waals surface area contributed by atoms with Crippen LogP contribution in [0.25, 0.3) is 0 Å². The summed E-state index contributed by atoms with van der Waals surface area (Å²) in [6.07, 6.45) is 1.48. The van der Waals surface area contributed by atoms with Gasteiger partial charge in [-0.05, 0) is 40.9 Å². The van der Waals surface area contributed by atoms with Crippen LogP contribution in [0.15, 0.2) is 15.9 Å². The number of nitrogens with two attached hydrogens (primary N) is 1. The topological polar surface area (TPSA) is 67.6 Å². The lowest BCUT2D eigenvalue weighted by molar-refractivity contribution is 0.164. The molecule has 2 rings (SSSR count). The van der Waals surface area contributed by atoms with Gasteiger partial charge in [-0.2, -0.15) is 0 Å². The zero-order valence-electron chi connectivity index (χ0n) is 12.3. The Bertz CT molecular complexity index is 483. The molecule has 1 aromatic rings. The van der Waals surface area contributed by atoms with Crippen LogP contribution in [-0.4, -0.2) is 43.3 Å². The van der Waals surface area contributed by atoms with Crippen LogP contribution in [0.4, 0.5) is 4.79 Å². The summed E-state index contributed by atoms with van der Waals surface area (Å²) in [6.45, 7) is 3.85. The van der Waals surface area contributed by atoms with Gasteiger partial charge >= 0.3 is 6.09 Å². The normalized spacial score (nSPS) is 22.0. The fourth-order valence-electron chi connectivity index (χ4n) is 2.76. The van der Waals surface area contributed by atoms with Gasteiger partial charge in [0, 0.05) is 30.1 Å². The van der Waals surface area contributed by atoms with Crippen LogP contribution in [-0.2, 0) is 4.74 Å². The zero-order chi connectivity index (χ0) is 15.4. The van der Waals surface area contributed by atoms with Crippen LogP contribution < -0.4 is 11.1 Å². The molecule has 1 aliphatic rings. The van der Waals surface area contributed by atoms with Crippen LogP contribution in [0.3, 0.4) is 0 Å². The maximum Gasteiger partial charge on any atom is 0.407 e. The lowest BCUT2D eigenvalue weighted by Gasteiger charge is -2.31. The highest BCUT2D eigenvalue weighted by molar-refractivity contribution is 9.11. The summed E-state index contributed by atoms with van der Waals surface area (Å²) in [7, 11) is 1.39. The highest BCUT2D eigenvalue weighted by atomic mass is 79.9. The van der Waals surface area contributed by atoms with Crippen molar-refractivity contribution in [2.24, 2.45) is 5.73 Å². The largest absolute Gasteiger partial charge is 0.453 e. The van der Waals surface area contributed by atoms with E-state index in [1.807, 2.05) is 0 Å². The smallest absolute Gasteiger partial charge is 0.407 e. The number of alkyl carbamates (subject to hydrolysis) is 1. The molecule has 7 heteroatoms. The molecule has 1 saturated heterocycles. The molecule has 21 heavy (non-hydrogen) atoms. The molecule has 0 radical (unpaired) electrons. The molecule has 0 bridgehead atoms. The van der Waals surface area contributed by atoms with Gasteiger partial charge in [0.2, 0.25) is 0 Å². The van der Waals surface area contributed by atoms with Crippen molar-refractivity contribution in [3.63, 3.8) is 0 Å². The number of nitrogens with zero attached hydrogens (tertiary/aromatic N) is 1. The molecule has 1 aromatic heterocycles. The average molecular weight is 376 g/mol. The predicted octanol–water partition coefficient (Wildman–Crippen LogP) is 2.72. The first-order chi connectivity index (χ1) is 10.0. The van der Waals surface area contributed by atoms with Crippen molar-refractivity contribution in [2.75, 3.05) is 20.2 Å². The molecule has 0 spiro atoms. The molecule has 1 fully saturated rings. The molecular weight excluding hydrogens is 354 g/mol. The Morgan fingerprint density at radius 2 is 2.43 bits per heavy atom. The van der Waals surface area contributed by atoms with Gasteiger partial charge in [0.05, 0.1) is 16.9 Å². The lowest BCUT2D eigenvalue weighted by atomic mass is 10.0. The number of rotatable bonds is 5. The van der Waals surface area contributed by atoms with Crippen molar-refractivity contribution < 1.29 is 9.53 Å². The van der Waals surface area contributed by atoms with Crippen molar-refractivity contribution in [1.82, 2.24) is 10.2 Å². The summed E-state index contributed by atoms with van der Waals surface area (Å²) in [5.41, 5.74) is 6.35. The van der Waals surface area contributed by atoms with Crippen molar-refractivity contribution >= 4 is 33.4 Å². The quantitative estimate of drug-likeness (QED) is 0.829. The Labute approximate surface area is 138 Å². The second kappa shape index (κ2) is 7.58. The Morgan fingerprint density at radius 3 is 3.00 bits per heavy atom. The molecule has 118 valence electrons. The molecule has 3 unspecified atom stereocenters. The average Bonchev–Trinajstić information content (AvgIpc) is 3.09. The van der Waals surface area contributed by atoms with Crippen LogP contribution in [0.1, 0.15) is 30.7 Å². The molecular formula is C14H22BrN3O2S. The van der Waals surface area contributed by atoms with Gasteiger partial charge in [0.25, 0.3) is 0 Å². The van der Waals surface area contributed by atoms with E-state index in [9.17, 15) is 4.79 Å². The van der Waals surface area contributed by atoms with Crippen molar-refractivity contribution in [1.29, 1.82) is 0 Å². The van der Waals surface area contributed by atoms with Gasteiger partial charge in [0.1, 0.15) is 0 Å². The van der Waals surface area contributed by atoms with Gasteiger partial charge in [-0.15, -0.1) is 11.3 Å². The van der Waals surface area contributed by atoms with Crippen molar-refractivity contribution in [3.8, 4) is 0 Å². The molecule has 3 atom stereocenters. The Morgan fingerprint density at radius 1 is 1.67 bits per heavy atom. The number of hydrogen-bond donors (Lipinski definition) is 2. The second-order valence-corrected chi connectivity index (χ2v) is 7.77. The molecule has 0 saturated carbocycles. The molecule has 1 aliphatic heterocycles. The SMILES string of the molecule is CCC(N)C(c1ccc(Br)s1)N1CCC(NC(=O)OC)C1. The van der Waals surface area contributed by atoms with Crippen LogP contribution >= 0.6 is 27.3 Å². The molecule has 3 N–H and O–H groups in total. The third-order valence-corrected chi connectivity index (χ3v) is 5.58. The van der Waals surface area contributed by atoms with E-state index in [0.717, 1.165) is 29.7 Å². The van der Waals surface area contributed by atoms with Crippen LogP contribution in [0, 0.1) is 0 Å². The third kappa shape index (κ3) is 4.18. The molecule has 0 aliphatic carbocycles. The van der Waals surface area contributed by atoms with E-state index in [4.69, 9.17) is 5.73 Å². The molecule has 0 aromatic carbocycles. The number of hydrogen-bond acceptors (Lipinski definition) is 5. The number of ether oxygens (including phenoxy) is 1. The van der Waals surface area contributed by atoms with Crippen LogP contribution in [0.2, 0.25) is 0 Å². The van der Waals surface area contributed by atoms with Gasteiger partial charge in [-0.25, -0.2) is 4.79 Å². The highest BCUT2D eigenvalue weighted by Crippen LogP contribution is 2.35. The van der Waals surface area contributed by atoms with Gasteiger partial charge in [-0.1, -0.05) is 6.92 Å². The van der Waals surface area contributed by atoms with Crippen molar-refractivity contribution in [2.45, 2.75) is 37.9 Å². The summed E-state index contributed by atoms with van der Waals surface area (Å²) in [5, 5.41) is 2.88. The summed E-state index contributed by atoms with van der Waals surface area (Å²) >= 11 is 5.25. The van der Waals surface area contributed by atoms with E-state index < -0.39 is 0 Å². The monoisotopic (exact) mass is 375 g/mol. The fourth-order valence-corrected chi connectivity index (χ4v) is 4.39. The first kappa shape index (κ1) is 16.7. The molecule has 5 nitrogen and oxygen atoms in total. The minimum absolute atomic E-state index is 0.0902. The third-order valence-electron chi connectivity index (χ3n) is 3.88. The number of likely N-dealkylation sites (tertiary alicyclic amines) is 1. The van der Waals surface area contributed by atoms with Crippen LogP contribution in [0.5, 0.6) is 0 Å². The number of amides is 1. The lowest BCUT2D eigenvalue weighted by Crippen LogP contribution is -2.42. The van der Waals surface area contributed by atoms with E-state index in [0.29, 0.717) is 0 Å². The minimum Gasteiger partial charge on any atom is -0.453 e. The number of thiophene rings is 1. The number of methoxy groups -OCH3 is 1. The van der Waals surface area contributed by atoms with E-state index in [2.05, 4.69) is 49.9 Å². The fraction of sp³-hybridized carbons (Fsp3) is 0.643. The molecule has 1 amide bonds. The van der Waals surface area contributed by atoms with Crippen molar-refractivity contribution in [3.05, 3.63) is 20.8 Å². The summed E-state index contributed by atoms with van der Waals surface area (Å²) in [5.74, 6) is 0. The maximum atomic E-state index is 11.3. The number of nitrogens with one attached hydrogen (secondary N) is 1. The second-order valence-electron chi connectivity index (χ2n) is 5.28. The Balaban J connectivity index is 2.07. The van der Waals surface area contributed by atoms with Gasteiger partial charge < -0.3 is 15.8 Å².